The molecule has 0 amide bonds. The molecular formula is C22H24N4O5S. The first-order valence-corrected chi connectivity index (χ1v) is 12.0. The van der Waals surface area contributed by atoms with Crippen LogP contribution in [0.1, 0.15) is 12.3 Å². The van der Waals surface area contributed by atoms with Crippen molar-refractivity contribution in [1.29, 1.82) is 0 Å². The summed E-state index contributed by atoms with van der Waals surface area (Å²) in [5.41, 5.74) is 0.872. The van der Waals surface area contributed by atoms with E-state index >= 15 is 0 Å². The van der Waals surface area contributed by atoms with Gasteiger partial charge >= 0.3 is 0 Å². The Morgan fingerprint density at radius 1 is 0.875 bits per heavy atom. The van der Waals surface area contributed by atoms with Gasteiger partial charge in [-0.1, -0.05) is 18.2 Å². The number of fused-ring (bicyclic) bond motifs is 1. The predicted octanol–water partition coefficient (Wildman–Crippen LogP) is 2.40. The van der Waals surface area contributed by atoms with Crippen LogP contribution >= 0.6 is 0 Å². The van der Waals surface area contributed by atoms with E-state index in [0.717, 1.165) is 12.0 Å². The molecule has 9 nitrogen and oxygen atoms in total. The molecule has 0 bridgehead atoms. The molecule has 168 valence electrons. The molecule has 0 unspecified atom stereocenters. The van der Waals surface area contributed by atoms with Crippen LogP contribution in [0.3, 0.4) is 0 Å². The van der Waals surface area contributed by atoms with Crippen LogP contribution in [-0.4, -0.2) is 67.2 Å². The fourth-order valence-corrected chi connectivity index (χ4v) is 5.23. The van der Waals surface area contributed by atoms with Gasteiger partial charge in [0.2, 0.25) is 21.8 Å². The number of ether oxygens (including phenoxy) is 2. The third kappa shape index (κ3) is 4.34. The van der Waals surface area contributed by atoms with Gasteiger partial charge < -0.3 is 13.9 Å². The highest BCUT2D eigenvalue weighted by Crippen LogP contribution is 2.33. The summed E-state index contributed by atoms with van der Waals surface area (Å²) in [6.07, 6.45) is 0.769. The molecule has 10 heteroatoms. The van der Waals surface area contributed by atoms with Gasteiger partial charge in [-0.05, 0) is 24.3 Å². The van der Waals surface area contributed by atoms with E-state index < -0.39 is 10.0 Å². The smallest absolute Gasteiger partial charge is 0.247 e. The second kappa shape index (κ2) is 8.89. The summed E-state index contributed by atoms with van der Waals surface area (Å²) in [6.45, 7) is 3.48. The maximum absolute atomic E-state index is 13.2. The van der Waals surface area contributed by atoms with Crippen molar-refractivity contribution < 1.29 is 22.3 Å². The second-order valence-electron chi connectivity index (χ2n) is 7.71. The second-order valence-corrected chi connectivity index (χ2v) is 9.64. The Balaban J connectivity index is 1.22. The van der Waals surface area contributed by atoms with Crippen LogP contribution in [-0.2, 0) is 16.6 Å². The summed E-state index contributed by atoms with van der Waals surface area (Å²) in [6, 6.07) is 14.4. The van der Waals surface area contributed by atoms with Crippen molar-refractivity contribution in [3.63, 3.8) is 0 Å². The molecule has 0 atom stereocenters. The van der Waals surface area contributed by atoms with E-state index in [0.29, 0.717) is 69.2 Å². The topological polar surface area (TPSA) is 98.0 Å². The number of rotatable bonds is 5. The van der Waals surface area contributed by atoms with E-state index in [1.807, 2.05) is 30.3 Å². The molecule has 0 radical (unpaired) electrons. The Morgan fingerprint density at radius 3 is 2.41 bits per heavy atom. The molecule has 32 heavy (non-hydrogen) atoms. The minimum Gasteiger partial charge on any atom is -0.490 e. The third-order valence-corrected chi connectivity index (χ3v) is 7.43. The van der Waals surface area contributed by atoms with E-state index in [1.54, 1.807) is 18.2 Å². The van der Waals surface area contributed by atoms with E-state index in [-0.39, 0.29) is 4.90 Å². The summed E-state index contributed by atoms with van der Waals surface area (Å²) < 4.78 is 44.8. The normalized spacial score (nSPS) is 17.8. The van der Waals surface area contributed by atoms with Gasteiger partial charge in [0.05, 0.1) is 24.7 Å². The molecule has 5 rings (SSSR count). The van der Waals surface area contributed by atoms with Crippen LogP contribution in [0, 0.1) is 0 Å². The van der Waals surface area contributed by atoms with Crippen LogP contribution < -0.4 is 9.47 Å². The van der Waals surface area contributed by atoms with Crippen molar-refractivity contribution in [1.82, 2.24) is 19.4 Å². The first kappa shape index (κ1) is 20.9. The van der Waals surface area contributed by atoms with Gasteiger partial charge in [-0.3, -0.25) is 4.90 Å². The van der Waals surface area contributed by atoms with E-state index in [2.05, 4.69) is 15.1 Å². The number of aromatic nitrogens is 2. The van der Waals surface area contributed by atoms with Crippen molar-refractivity contribution in [2.45, 2.75) is 17.9 Å². The minimum atomic E-state index is -3.62. The Hall–Kier alpha value is -2.95. The molecule has 0 spiro atoms. The van der Waals surface area contributed by atoms with Crippen molar-refractivity contribution in [2.24, 2.45) is 0 Å². The molecular weight excluding hydrogens is 432 g/mol. The Labute approximate surface area is 186 Å². The summed E-state index contributed by atoms with van der Waals surface area (Å²) in [7, 11) is -3.62. The third-order valence-electron chi connectivity index (χ3n) is 5.53. The zero-order chi connectivity index (χ0) is 22.0. The van der Waals surface area contributed by atoms with Gasteiger partial charge in [0.1, 0.15) is 0 Å². The van der Waals surface area contributed by atoms with Gasteiger partial charge in [0.25, 0.3) is 0 Å². The maximum Gasteiger partial charge on any atom is 0.247 e. The van der Waals surface area contributed by atoms with Crippen molar-refractivity contribution in [3.8, 4) is 23.0 Å². The Morgan fingerprint density at radius 2 is 1.62 bits per heavy atom. The zero-order valence-electron chi connectivity index (χ0n) is 17.5. The van der Waals surface area contributed by atoms with Crippen molar-refractivity contribution >= 4 is 10.0 Å². The Bertz CT molecular complexity index is 1170. The van der Waals surface area contributed by atoms with Crippen molar-refractivity contribution in [2.75, 3.05) is 39.4 Å². The monoisotopic (exact) mass is 456 g/mol. The number of hydrogen-bond donors (Lipinski definition) is 0. The lowest BCUT2D eigenvalue weighted by Crippen LogP contribution is -2.48. The van der Waals surface area contributed by atoms with Crippen LogP contribution in [0.25, 0.3) is 11.5 Å². The number of sulfonamides is 1. The molecule has 2 aliphatic heterocycles. The lowest BCUT2D eigenvalue weighted by Gasteiger charge is -2.33. The van der Waals surface area contributed by atoms with Crippen LogP contribution in [0.2, 0.25) is 0 Å². The van der Waals surface area contributed by atoms with Crippen LogP contribution in [0.5, 0.6) is 11.5 Å². The quantitative estimate of drug-likeness (QED) is 0.577. The molecule has 0 N–H and O–H groups in total. The summed E-state index contributed by atoms with van der Waals surface area (Å²) >= 11 is 0. The molecule has 0 saturated carbocycles. The standard InChI is InChI=1S/C22H24N4O5S/c27-32(28,18-7-8-19-20(15-18)30-14-4-13-29-19)26-11-9-25(10-12-26)16-21-23-24-22(31-21)17-5-2-1-3-6-17/h1-3,5-8,15H,4,9-14,16H2. The first-order valence-electron chi connectivity index (χ1n) is 10.6. The molecule has 2 aliphatic rings. The summed E-state index contributed by atoms with van der Waals surface area (Å²) in [5.74, 6) is 2.06. The van der Waals surface area contributed by atoms with Gasteiger partial charge in [-0.2, -0.15) is 4.31 Å². The molecule has 1 saturated heterocycles. The van der Waals surface area contributed by atoms with E-state index in [4.69, 9.17) is 13.9 Å². The van der Waals surface area contributed by atoms with Crippen LogP contribution in [0.4, 0.5) is 0 Å². The minimum absolute atomic E-state index is 0.222. The predicted molar refractivity (Wildman–Crippen MR) is 116 cm³/mol. The highest BCUT2D eigenvalue weighted by Gasteiger charge is 2.30. The van der Waals surface area contributed by atoms with Crippen molar-refractivity contribution in [3.05, 3.63) is 54.4 Å². The molecule has 0 aliphatic carbocycles. The largest absolute Gasteiger partial charge is 0.490 e. The summed E-state index contributed by atoms with van der Waals surface area (Å²) in [4.78, 5) is 2.34. The zero-order valence-corrected chi connectivity index (χ0v) is 18.3. The molecule has 3 aromatic rings. The number of piperazine rings is 1. The van der Waals surface area contributed by atoms with Gasteiger partial charge in [-0.25, -0.2) is 8.42 Å². The van der Waals surface area contributed by atoms with Crippen LogP contribution in [0.15, 0.2) is 57.8 Å². The summed E-state index contributed by atoms with van der Waals surface area (Å²) in [5, 5.41) is 8.25. The number of benzene rings is 2. The average Bonchev–Trinajstić information content (AvgIpc) is 3.16. The van der Waals surface area contributed by atoms with Gasteiger partial charge in [0, 0.05) is 44.2 Å². The molecule has 1 aromatic heterocycles. The molecule has 2 aromatic carbocycles. The molecule has 1 fully saturated rings. The lowest BCUT2D eigenvalue weighted by atomic mass is 10.2. The SMILES string of the molecule is O=S(=O)(c1ccc2c(c1)OCCCO2)N1CCN(Cc2nnc(-c3ccccc3)o2)CC1. The van der Waals surface area contributed by atoms with E-state index in [9.17, 15) is 8.42 Å². The lowest BCUT2D eigenvalue weighted by molar-refractivity contribution is 0.168. The average molecular weight is 457 g/mol. The highest BCUT2D eigenvalue weighted by molar-refractivity contribution is 7.89. The highest BCUT2D eigenvalue weighted by atomic mass is 32.2. The van der Waals surface area contributed by atoms with Gasteiger partial charge in [0.15, 0.2) is 11.5 Å². The molecule has 3 heterocycles. The fraction of sp³-hybridized carbons (Fsp3) is 0.364. The Kier molecular flexibility index (Phi) is 5.81. The fourth-order valence-electron chi connectivity index (χ4n) is 3.79. The first-order chi connectivity index (χ1) is 15.6. The maximum atomic E-state index is 13.2. The van der Waals surface area contributed by atoms with Gasteiger partial charge in [-0.15, -0.1) is 10.2 Å². The van der Waals surface area contributed by atoms with E-state index in [1.165, 1.54) is 4.31 Å². The number of hydrogen-bond acceptors (Lipinski definition) is 8. The number of nitrogens with zero attached hydrogens (tertiary/aromatic N) is 4.